The highest BCUT2D eigenvalue weighted by molar-refractivity contribution is 7.98. The number of H-pyrrole nitrogens is 1. The lowest BCUT2D eigenvalue weighted by Crippen LogP contribution is -2.36. The molecular weight excluding hydrogens is 370 g/mol. The van der Waals surface area contributed by atoms with Crippen molar-refractivity contribution in [2.45, 2.75) is 19.2 Å². The standard InChI is InChI=1S/C18H19N3O3S2/c1-2-21-15-6-5-12(10-14(15)20-17(23)18(21)24)16(22)19-7-9-25-11-13-4-3-8-26-13/h3-6,8,10H,2,7,9,11H2,1H3,(H,19,22)(H,20,23). The summed E-state index contributed by atoms with van der Waals surface area (Å²) >= 11 is 3.50. The van der Waals surface area contributed by atoms with Crippen molar-refractivity contribution in [2.24, 2.45) is 0 Å². The summed E-state index contributed by atoms with van der Waals surface area (Å²) in [5.41, 5.74) is 0.288. The molecule has 136 valence electrons. The zero-order chi connectivity index (χ0) is 18.5. The zero-order valence-electron chi connectivity index (χ0n) is 14.3. The summed E-state index contributed by atoms with van der Waals surface area (Å²) in [6.45, 7) is 2.76. The fraction of sp³-hybridized carbons (Fsp3) is 0.278. The Morgan fingerprint density at radius 3 is 2.88 bits per heavy atom. The smallest absolute Gasteiger partial charge is 0.316 e. The first-order valence-electron chi connectivity index (χ1n) is 8.25. The van der Waals surface area contributed by atoms with E-state index < -0.39 is 11.1 Å². The molecule has 6 nitrogen and oxygen atoms in total. The van der Waals surface area contributed by atoms with Gasteiger partial charge in [0.15, 0.2) is 0 Å². The van der Waals surface area contributed by atoms with Gasteiger partial charge >= 0.3 is 11.1 Å². The number of aromatic amines is 1. The van der Waals surface area contributed by atoms with Gasteiger partial charge in [-0.3, -0.25) is 14.4 Å². The molecule has 0 radical (unpaired) electrons. The molecule has 0 aliphatic rings. The lowest BCUT2D eigenvalue weighted by atomic mass is 10.1. The Labute approximate surface area is 158 Å². The summed E-state index contributed by atoms with van der Waals surface area (Å²) in [5.74, 6) is 1.57. The molecule has 8 heteroatoms. The number of benzene rings is 1. The second-order valence-corrected chi connectivity index (χ2v) is 7.76. The number of carbonyl (C=O) groups excluding carboxylic acids is 1. The van der Waals surface area contributed by atoms with Crippen LogP contribution in [0.25, 0.3) is 11.0 Å². The molecule has 2 heterocycles. The van der Waals surface area contributed by atoms with E-state index in [1.807, 2.05) is 6.07 Å². The van der Waals surface area contributed by atoms with Crippen LogP contribution in [0.2, 0.25) is 0 Å². The van der Waals surface area contributed by atoms with Crippen LogP contribution in [-0.4, -0.2) is 27.8 Å². The van der Waals surface area contributed by atoms with E-state index in [4.69, 9.17) is 0 Å². The molecule has 0 atom stereocenters. The van der Waals surface area contributed by atoms with Crippen LogP contribution in [0.1, 0.15) is 22.2 Å². The average Bonchev–Trinajstić information content (AvgIpc) is 3.15. The Hall–Kier alpha value is -2.32. The molecular formula is C18H19N3O3S2. The van der Waals surface area contributed by atoms with Crippen LogP contribution in [0, 0.1) is 0 Å². The average molecular weight is 390 g/mol. The van der Waals surface area contributed by atoms with Crippen LogP contribution in [0.3, 0.4) is 0 Å². The molecule has 0 unspecified atom stereocenters. The van der Waals surface area contributed by atoms with Crippen molar-refractivity contribution in [3.8, 4) is 0 Å². The Balaban J connectivity index is 1.64. The summed E-state index contributed by atoms with van der Waals surface area (Å²) in [6, 6.07) is 9.10. The minimum absolute atomic E-state index is 0.196. The molecule has 0 bridgehead atoms. The highest BCUT2D eigenvalue weighted by atomic mass is 32.2. The summed E-state index contributed by atoms with van der Waals surface area (Å²) in [5, 5.41) is 4.94. The van der Waals surface area contributed by atoms with Gasteiger partial charge in [0.2, 0.25) is 0 Å². The molecule has 26 heavy (non-hydrogen) atoms. The molecule has 0 saturated heterocycles. The summed E-state index contributed by atoms with van der Waals surface area (Å²) in [4.78, 5) is 39.8. The lowest BCUT2D eigenvalue weighted by molar-refractivity contribution is 0.0956. The van der Waals surface area contributed by atoms with Crippen LogP contribution in [0.15, 0.2) is 45.3 Å². The largest absolute Gasteiger partial charge is 0.351 e. The van der Waals surface area contributed by atoms with Crippen molar-refractivity contribution in [3.63, 3.8) is 0 Å². The molecule has 2 aromatic heterocycles. The fourth-order valence-corrected chi connectivity index (χ4v) is 4.34. The van der Waals surface area contributed by atoms with Gasteiger partial charge in [-0.2, -0.15) is 11.8 Å². The van der Waals surface area contributed by atoms with Crippen LogP contribution in [0.5, 0.6) is 0 Å². The van der Waals surface area contributed by atoms with E-state index >= 15 is 0 Å². The Morgan fingerprint density at radius 2 is 2.15 bits per heavy atom. The van der Waals surface area contributed by atoms with E-state index in [0.717, 1.165) is 11.5 Å². The van der Waals surface area contributed by atoms with Crippen LogP contribution >= 0.6 is 23.1 Å². The topological polar surface area (TPSA) is 84.0 Å². The molecule has 0 aliphatic carbocycles. The molecule has 3 rings (SSSR count). The quantitative estimate of drug-likeness (QED) is 0.480. The van der Waals surface area contributed by atoms with Crippen molar-refractivity contribution in [1.82, 2.24) is 14.9 Å². The van der Waals surface area contributed by atoms with E-state index in [1.54, 1.807) is 48.2 Å². The molecule has 0 aliphatic heterocycles. The van der Waals surface area contributed by atoms with E-state index in [9.17, 15) is 14.4 Å². The van der Waals surface area contributed by atoms with Gasteiger partial charge in [0.25, 0.3) is 5.91 Å². The molecule has 0 saturated carbocycles. The molecule has 0 fully saturated rings. The number of aromatic nitrogens is 2. The SMILES string of the molecule is CCn1c(=O)c(=O)[nH]c2cc(C(=O)NCCSCc3cccs3)ccc21. The predicted molar refractivity (Wildman–Crippen MR) is 107 cm³/mol. The number of thiophene rings is 1. The van der Waals surface area contributed by atoms with Gasteiger partial charge in [0.1, 0.15) is 0 Å². The maximum Gasteiger partial charge on any atom is 0.316 e. The van der Waals surface area contributed by atoms with Crippen LogP contribution in [0.4, 0.5) is 0 Å². The predicted octanol–water partition coefficient (Wildman–Crippen LogP) is 2.43. The van der Waals surface area contributed by atoms with Gasteiger partial charge in [-0.25, -0.2) is 0 Å². The Morgan fingerprint density at radius 1 is 1.31 bits per heavy atom. The fourth-order valence-electron chi connectivity index (χ4n) is 2.64. The van der Waals surface area contributed by atoms with Crippen molar-refractivity contribution >= 4 is 40.0 Å². The number of thioether (sulfide) groups is 1. The van der Waals surface area contributed by atoms with Crippen LogP contribution < -0.4 is 16.4 Å². The van der Waals surface area contributed by atoms with Gasteiger partial charge in [-0.05, 0) is 36.6 Å². The van der Waals surface area contributed by atoms with Gasteiger partial charge in [-0.15, -0.1) is 11.3 Å². The minimum atomic E-state index is -0.679. The number of rotatable bonds is 7. The highest BCUT2D eigenvalue weighted by Crippen LogP contribution is 2.16. The van der Waals surface area contributed by atoms with E-state index in [-0.39, 0.29) is 5.91 Å². The monoisotopic (exact) mass is 389 g/mol. The lowest BCUT2D eigenvalue weighted by Gasteiger charge is -2.09. The summed E-state index contributed by atoms with van der Waals surface area (Å²) in [6.07, 6.45) is 0. The molecule has 1 aromatic carbocycles. The summed E-state index contributed by atoms with van der Waals surface area (Å²) in [7, 11) is 0. The molecule has 1 amide bonds. The third kappa shape index (κ3) is 4.08. The Bertz CT molecular complexity index is 1020. The number of amides is 1. The van der Waals surface area contributed by atoms with Crippen molar-refractivity contribution in [1.29, 1.82) is 0 Å². The van der Waals surface area contributed by atoms with Gasteiger partial charge in [-0.1, -0.05) is 6.07 Å². The number of nitrogens with zero attached hydrogens (tertiary/aromatic N) is 1. The van der Waals surface area contributed by atoms with Crippen LogP contribution in [-0.2, 0) is 12.3 Å². The normalized spacial score (nSPS) is 11.0. The maximum absolute atomic E-state index is 12.3. The van der Waals surface area contributed by atoms with E-state index in [0.29, 0.717) is 29.7 Å². The third-order valence-electron chi connectivity index (χ3n) is 3.91. The molecule has 2 N–H and O–H groups in total. The molecule has 3 aromatic rings. The van der Waals surface area contributed by atoms with Gasteiger partial charge < -0.3 is 14.9 Å². The first-order valence-corrected chi connectivity index (χ1v) is 10.3. The first kappa shape index (κ1) is 18.5. The van der Waals surface area contributed by atoms with E-state index in [2.05, 4.69) is 21.7 Å². The van der Waals surface area contributed by atoms with Crippen molar-refractivity contribution < 1.29 is 4.79 Å². The Kier molecular flexibility index (Phi) is 5.95. The highest BCUT2D eigenvalue weighted by Gasteiger charge is 2.10. The van der Waals surface area contributed by atoms with Crippen molar-refractivity contribution in [2.75, 3.05) is 12.3 Å². The van der Waals surface area contributed by atoms with Gasteiger partial charge in [0.05, 0.1) is 11.0 Å². The number of nitrogens with one attached hydrogen (secondary N) is 2. The third-order valence-corrected chi connectivity index (χ3v) is 5.98. The maximum atomic E-state index is 12.3. The number of fused-ring (bicyclic) bond motifs is 1. The number of aryl methyl sites for hydroxylation is 1. The minimum Gasteiger partial charge on any atom is -0.351 e. The van der Waals surface area contributed by atoms with E-state index in [1.165, 1.54) is 9.44 Å². The molecule has 0 spiro atoms. The summed E-state index contributed by atoms with van der Waals surface area (Å²) < 4.78 is 1.40. The number of hydrogen-bond acceptors (Lipinski definition) is 5. The number of carbonyl (C=O) groups is 1. The second-order valence-electron chi connectivity index (χ2n) is 5.62. The zero-order valence-corrected chi connectivity index (χ0v) is 15.9. The second kappa shape index (κ2) is 8.37. The number of hydrogen-bond donors (Lipinski definition) is 2. The van der Waals surface area contributed by atoms with Crippen molar-refractivity contribution in [3.05, 3.63) is 66.9 Å². The van der Waals surface area contributed by atoms with Gasteiger partial charge in [0, 0.05) is 35.0 Å². The first-order chi connectivity index (χ1) is 12.6.